The zero-order valence-electron chi connectivity index (χ0n) is 9.88. The zero-order valence-corrected chi connectivity index (χ0v) is 9.88. The Balaban J connectivity index is 2.09. The normalized spacial score (nSPS) is 10.3. The van der Waals surface area contributed by atoms with Crippen molar-refractivity contribution in [2.24, 2.45) is 0 Å². The molecule has 0 aliphatic rings. The first-order chi connectivity index (χ1) is 8.56. The van der Waals surface area contributed by atoms with Crippen LogP contribution in [0.1, 0.15) is 0 Å². The second-order valence-corrected chi connectivity index (χ2v) is 3.90. The first kappa shape index (κ1) is 12.1. The molecule has 18 heavy (non-hydrogen) atoms. The van der Waals surface area contributed by atoms with Crippen molar-refractivity contribution in [2.45, 2.75) is 6.54 Å². The lowest BCUT2D eigenvalue weighted by Gasteiger charge is -2.17. The van der Waals surface area contributed by atoms with Crippen LogP contribution < -0.4 is 10.6 Å². The minimum atomic E-state index is -0.379. The molecule has 1 amide bonds. The molecule has 0 radical (unpaired) electrons. The van der Waals surface area contributed by atoms with Gasteiger partial charge in [-0.05, 0) is 18.2 Å². The van der Waals surface area contributed by atoms with E-state index in [0.29, 0.717) is 11.4 Å². The lowest BCUT2D eigenvalue weighted by atomic mass is 10.3. The van der Waals surface area contributed by atoms with Gasteiger partial charge >= 0.3 is 0 Å². The number of halogens is 1. The zero-order chi connectivity index (χ0) is 13.1. The van der Waals surface area contributed by atoms with E-state index in [9.17, 15) is 9.18 Å². The first-order valence-corrected chi connectivity index (χ1v) is 5.36. The van der Waals surface area contributed by atoms with Crippen LogP contribution in [0.2, 0.25) is 0 Å². The number of nitrogens with two attached hydrogens (primary N) is 1. The summed E-state index contributed by atoms with van der Waals surface area (Å²) in [5.41, 5.74) is 6.50. The molecule has 0 spiro atoms. The van der Waals surface area contributed by atoms with Crippen molar-refractivity contribution in [3.05, 3.63) is 42.5 Å². The van der Waals surface area contributed by atoms with Gasteiger partial charge < -0.3 is 10.6 Å². The van der Waals surface area contributed by atoms with Gasteiger partial charge in [0.05, 0.1) is 11.9 Å². The SMILES string of the molecule is CN(C(=O)Cn1cc(N)cn1)c1cccc(F)c1. The van der Waals surface area contributed by atoms with Crippen molar-refractivity contribution < 1.29 is 9.18 Å². The molecule has 94 valence electrons. The van der Waals surface area contributed by atoms with Crippen LogP contribution >= 0.6 is 0 Å². The maximum absolute atomic E-state index is 13.0. The molecule has 0 aliphatic carbocycles. The van der Waals surface area contributed by atoms with E-state index in [1.54, 1.807) is 25.4 Å². The Labute approximate surface area is 104 Å². The number of anilines is 2. The topological polar surface area (TPSA) is 64.2 Å². The Bertz CT molecular complexity index is 567. The highest BCUT2D eigenvalue weighted by molar-refractivity contribution is 5.92. The van der Waals surface area contributed by atoms with Crippen molar-refractivity contribution >= 4 is 17.3 Å². The molecular formula is C12H13FN4O. The number of hydrogen-bond donors (Lipinski definition) is 1. The summed E-state index contributed by atoms with van der Waals surface area (Å²) in [5.74, 6) is -0.584. The highest BCUT2D eigenvalue weighted by Gasteiger charge is 2.12. The van der Waals surface area contributed by atoms with Gasteiger partial charge in [0.15, 0.2) is 0 Å². The van der Waals surface area contributed by atoms with Gasteiger partial charge in [-0.25, -0.2) is 4.39 Å². The summed E-state index contributed by atoms with van der Waals surface area (Å²) >= 11 is 0. The fourth-order valence-electron chi connectivity index (χ4n) is 1.54. The third-order valence-electron chi connectivity index (χ3n) is 2.52. The Hall–Kier alpha value is -2.37. The Kier molecular flexibility index (Phi) is 3.27. The van der Waals surface area contributed by atoms with E-state index in [1.165, 1.54) is 27.9 Å². The van der Waals surface area contributed by atoms with Crippen LogP contribution in [-0.2, 0) is 11.3 Å². The standard InChI is InChI=1S/C12H13FN4O/c1-16(11-4-2-3-9(13)5-11)12(18)8-17-7-10(14)6-15-17/h2-7H,8,14H2,1H3. The van der Waals surface area contributed by atoms with Crippen molar-refractivity contribution in [1.29, 1.82) is 0 Å². The largest absolute Gasteiger partial charge is 0.396 e. The number of rotatable bonds is 3. The number of carbonyl (C=O) groups is 1. The average Bonchev–Trinajstić information content (AvgIpc) is 2.73. The molecule has 0 fully saturated rings. The van der Waals surface area contributed by atoms with Crippen molar-refractivity contribution in [1.82, 2.24) is 9.78 Å². The smallest absolute Gasteiger partial charge is 0.248 e. The van der Waals surface area contributed by atoms with Gasteiger partial charge in [-0.2, -0.15) is 5.10 Å². The molecule has 6 heteroatoms. The number of nitrogen functional groups attached to an aromatic ring is 1. The molecule has 0 saturated heterocycles. The predicted octanol–water partition coefficient (Wildman–Crippen LogP) is 1.27. The average molecular weight is 248 g/mol. The molecule has 5 nitrogen and oxygen atoms in total. The Morgan fingerprint density at radius 1 is 1.56 bits per heavy atom. The molecular weight excluding hydrogens is 235 g/mol. The number of benzene rings is 1. The van der Waals surface area contributed by atoms with Crippen LogP contribution in [0.3, 0.4) is 0 Å². The van der Waals surface area contributed by atoms with Gasteiger partial charge in [0, 0.05) is 18.9 Å². The highest BCUT2D eigenvalue weighted by Crippen LogP contribution is 2.14. The van der Waals surface area contributed by atoms with Crippen LogP contribution in [0, 0.1) is 5.82 Å². The summed E-state index contributed by atoms with van der Waals surface area (Å²) in [5, 5.41) is 3.92. The molecule has 0 aliphatic heterocycles. The number of amides is 1. The third-order valence-corrected chi connectivity index (χ3v) is 2.52. The quantitative estimate of drug-likeness (QED) is 0.889. The third kappa shape index (κ3) is 2.65. The first-order valence-electron chi connectivity index (χ1n) is 5.36. The fraction of sp³-hybridized carbons (Fsp3) is 0.167. The summed E-state index contributed by atoms with van der Waals surface area (Å²) in [6.07, 6.45) is 3.03. The number of hydrogen-bond acceptors (Lipinski definition) is 3. The van der Waals surface area contributed by atoms with E-state index in [1.807, 2.05) is 0 Å². The molecule has 2 N–H and O–H groups in total. The predicted molar refractivity (Wildman–Crippen MR) is 66.4 cm³/mol. The van der Waals surface area contributed by atoms with E-state index in [-0.39, 0.29) is 18.3 Å². The van der Waals surface area contributed by atoms with Gasteiger partial charge in [-0.3, -0.25) is 9.48 Å². The summed E-state index contributed by atoms with van der Waals surface area (Å²) in [6, 6.07) is 5.85. The Morgan fingerprint density at radius 3 is 2.94 bits per heavy atom. The number of carbonyl (C=O) groups excluding carboxylic acids is 1. The molecule has 1 heterocycles. The Morgan fingerprint density at radius 2 is 2.33 bits per heavy atom. The summed E-state index contributed by atoms with van der Waals surface area (Å²) < 4.78 is 14.5. The van der Waals surface area contributed by atoms with Gasteiger partial charge in [-0.15, -0.1) is 0 Å². The van der Waals surface area contributed by atoms with E-state index < -0.39 is 0 Å². The van der Waals surface area contributed by atoms with Gasteiger partial charge in [0.25, 0.3) is 0 Å². The monoisotopic (exact) mass is 248 g/mol. The van der Waals surface area contributed by atoms with E-state index in [4.69, 9.17) is 5.73 Å². The summed E-state index contributed by atoms with van der Waals surface area (Å²) in [6.45, 7) is 0.0597. The maximum Gasteiger partial charge on any atom is 0.248 e. The molecule has 2 aromatic rings. The number of likely N-dealkylation sites (N-methyl/N-ethyl adjacent to an activating group) is 1. The molecule has 2 rings (SSSR count). The van der Waals surface area contributed by atoms with Crippen molar-refractivity contribution in [2.75, 3.05) is 17.7 Å². The molecule has 1 aromatic carbocycles. The molecule has 0 unspecified atom stereocenters. The van der Waals surface area contributed by atoms with Gasteiger partial charge in [-0.1, -0.05) is 6.07 Å². The van der Waals surface area contributed by atoms with Crippen LogP contribution in [0.4, 0.5) is 15.8 Å². The minimum Gasteiger partial charge on any atom is -0.396 e. The van der Waals surface area contributed by atoms with Crippen molar-refractivity contribution in [3.63, 3.8) is 0 Å². The molecule has 0 bridgehead atoms. The van der Waals surface area contributed by atoms with E-state index in [2.05, 4.69) is 5.10 Å². The molecule has 0 atom stereocenters. The molecule has 1 aromatic heterocycles. The lowest BCUT2D eigenvalue weighted by molar-refractivity contribution is -0.119. The minimum absolute atomic E-state index is 0.0597. The van der Waals surface area contributed by atoms with E-state index in [0.717, 1.165) is 0 Å². The second-order valence-electron chi connectivity index (χ2n) is 3.90. The van der Waals surface area contributed by atoms with Crippen LogP contribution in [-0.4, -0.2) is 22.7 Å². The number of nitrogens with zero attached hydrogens (tertiary/aromatic N) is 3. The van der Waals surface area contributed by atoms with Gasteiger partial charge in [0.1, 0.15) is 12.4 Å². The van der Waals surface area contributed by atoms with Gasteiger partial charge in [0.2, 0.25) is 5.91 Å². The second kappa shape index (κ2) is 4.87. The number of aromatic nitrogens is 2. The van der Waals surface area contributed by atoms with Crippen molar-refractivity contribution in [3.8, 4) is 0 Å². The van der Waals surface area contributed by atoms with Crippen LogP contribution in [0.15, 0.2) is 36.7 Å². The molecule has 0 saturated carbocycles. The maximum atomic E-state index is 13.0. The highest BCUT2D eigenvalue weighted by atomic mass is 19.1. The summed E-state index contributed by atoms with van der Waals surface area (Å²) in [4.78, 5) is 13.3. The van der Waals surface area contributed by atoms with Crippen LogP contribution in [0.25, 0.3) is 0 Å². The fourth-order valence-corrected chi connectivity index (χ4v) is 1.54. The summed E-state index contributed by atoms with van der Waals surface area (Å²) in [7, 11) is 1.59. The van der Waals surface area contributed by atoms with Crippen LogP contribution in [0.5, 0.6) is 0 Å². The van der Waals surface area contributed by atoms with E-state index >= 15 is 0 Å². The lowest BCUT2D eigenvalue weighted by Crippen LogP contribution is -2.30.